The minimum absolute atomic E-state index is 0.0614. The molecule has 6 heteroatoms. The second kappa shape index (κ2) is 7.52. The second-order valence-electron chi connectivity index (χ2n) is 9.28. The number of amides is 2. The number of carbonyl (C=O) groups is 2. The van der Waals surface area contributed by atoms with E-state index >= 15 is 0 Å². The first kappa shape index (κ1) is 20.3. The maximum absolute atomic E-state index is 13.8. The Morgan fingerprint density at radius 1 is 1.10 bits per heavy atom. The highest BCUT2D eigenvalue weighted by Gasteiger charge is 2.49. The fraction of sp³-hybridized carbons (Fsp3) is 0.440. The molecule has 1 aromatic carbocycles. The van der Waals surface area contributed by atoms with Crippen molar-refractivity contribution < 1.29 is 9.59 Å². The van der Waals surface area contributed by atoms with Crippen molar-refractivity contribution in [3.63, 3.8) is 0 Å². The molecule has 0 unspecified atom stereocenters. The minimum atomic E-state index is -1.00. The average molecular weight is 436 g/mol. The fourth-order valence-electron chi connectivity index (χ4n) is 5.07. The number of nitrogens with zero attached hydrogens (tertiary/aromatic N) is 2. The zero-order chi connectivity index (χ0) is 21.8. The normalized spacial score (nSPS) is 22.0. The van der Waals surface area contributed by atoms with E-state index in [1.54, 1.807) is 16.2 Å². The summed E-state index contributed by atoms with van der Waals surface area (Å²) < 4.78 is 3.12. The van der Waals surface area contributed by atoms with Crippen LogP contribution in [0.2, 0.25) is 0 Å². The number of aryl methyl sites for hydroxylation is 2. The van der Waals surface area contributed by atoms with E-state index in [4.69, 9.17) is 0 Å². The Morgan fingerprint density at radius 2 is 1.87 bits per heavy atom. The van der Waals surface area contributed by atoms with E-state index in [0.29, 0.717) is 12.2 Å². The molecule has 2 aromatic heterocycles. The van der Waals surface area contributed by atoms with Crippen LogP contribution in [0.25, 0.3) is 10.2 Å². The number of fused-ring (bicyclic) bond motifs is 3. The molecule has 2 aliphatic rings. The summed E-state index contributed by atoms with van der Waals surface area (Å²) in [5, 5.41) is 5.34. The van der Waals surface area contributed by atoms with Gasteiger partial charge in [0.2, 0.25) is 5.91 Å². The summed E-state index contributed by atoms with van der Waals surface area (Å²) in [5.41, 5.74) is 3.75. The number of rotatable bonds is 3. The average Bonchev–Trinajstić information content (AvgIpc) is 3.34. The Bertz CT molecular complexity index is 1170. The number of hydrogen-bond donors (Lipinski definition) is 1. The molecule has 0 saturated heterocycles. The molecule has 1 N–H and O–H groups in total. The van der Waals surface area contributed by atoms with Crippen LogP contribution in [-0.2, 0) is 11.3 Å². The van der Waals surface area contributed by atoms with Gasteiger partial charge in [0.15, 0.2) is 0 Å². The van der Waals surface area contributed by atoms with Crippen molar-refractivity contribution in [1.29, 1.82) is 0 Å². The first-order chi connectivity index (χ1) is 14.9. The quantitative estimate of drug-likeness (QED) is 0.616. The van der Waals surface area contributed by atoms with E-state index < -0.39 is 5.54 Å². The minimum Gasteiger partial charge on any atom is -0.351 e. The molecule has 1 atom stereocenters. The third-order valence-electron chi connectivity index (χ3n) is 7.08. The van der Waals surface area contributed by atoms with E-state index in [2.05, 4.69) is 12.2 Å². The van der Waals surface area contributed by atoms with Gasteiger partial charge < -0.3 is 9.88 Å². The topological polar surface area (TPSA) is 54.3 Å². The van der Waals surface area contributed by atoms with Crippen molar-refractivity contribution in [3.8, 4) is 0 Å². The van der Waals surface area contributed by atoms with E-state index in [9.17, 15) is 9.59 Å². The molecule has 5 rings (SSSR count). The number of benzene rings is 1. The Morgan fingerprint density at radius 3 is 2.61 bits per heavy atom. The van der Waals surface area contributed by atoms with Crippen LogP contribution < -0.4 is 10.2 Å². The standard InChI is InChI=1S/C25H29N3O2S/c1-16-9-10-19(13-17(16)2)28-23(29)21-14-22-20(11-12-31-22)27(21)15-25(28,3)24(30)26-18-7-5-4-6-8-18/h9-14,18H,4-8,15H2,1-3H3,(H,26,30)/t25-/m0/s1. The third kappa shape index (κ3) is 3.28. The number of hydrogen-bond acceptors (Lipinski definition) is 3. The summed E-state index contributed by atoms with van der Waals surface area (Å²) >= 11 is 1.63. The zero-order valence-corrected chi connectivity index (χ0v) is 19.2. The molecule has 1 aliphatic carbocycles. The predicted octanol–water partition coefficient (Wildman–Crippen LogP) is 5.19. The van der Waals surface area contributed by atoms with E-state index in [1.807, 2.05) is 54.1 Å². The van der Waals surface area contributed by atoms with Crippen LogP contribution in [-0.4, -0.2) is 28.0 Å². The van der Waals surface area contributed by atoms with Crippen molar-refractivity contribution in [1.82, 2.24) is 9.88 Å². The molecule has 0 spiro atoms. The maximum Gasteiger partial charge on any atom is 0.275 e. The van der Waals surface area contributed by atoms with Crippen molar-refractivity contribution in [3.05, 3.63) is 52.5 Å². The van der Waals surface area contributed by atoms with Gasteiger partial charge in [-0.3, -0.25) is 14.5 Å². The highest BCUT2D eigenvalue weighted by atomic mass is 32.1. The third-order valence-corrected chi connectivity index (χ3v) is 7.94. The monoisotopic (exact) mass is 435 g/mol. The molecule has 1 fully saturated rings. The number of nitrogens with one attached hydrogen (secondary N) is 1. The molecule has 1 saturated carbocycles. The van der Waals surface area contributed by atoms with Gasteiger partial charge >= 0.3 is 0 Å². The molecule has 5 nitrogen and oxygen atoms in total. The lowest BCUT2D eigenvalue weighted by Gasteiger charge is -2.45. The van der Waals surface area contributed by atoms with Crippen LogP contribution in [0.5, 0.6) is 0 Å². The molecule has 2 amide bonds. The number of carbonyl (C=O) groups excluding carboxylic acids is 2. The Labute approximate surface area is 187 Å². The molecular weight excluding hydrogens is 406 g/mol. The number of thiophene rings is 1. The second-order valence-corrected chi connectivity index (χ2v) is 10.2. The lowest BCUT2D eigenvalue weighted by Crippen LogP contribution is -2.65. The molecule has 3 aromatic rings. The Kier molecular flexibility index (Phi) is 4.93. The lowest BCUT2D eigenvalue weighted by molar-refractivity contribution is -0.127. The summed E-state index contributed by atoms with van der Waals surface area (Å²) in [6, 6.07) is 10.2. The number of anilines is 1. The first-order valence-corrected chi connectivity index (χ1v) is 12.1. The fourth-order valence-corrected chi connectivity index (χ4v) is 5.89. The highest BCUT2D eigenvalue weighted by Crippen LogP contribution is 2.38. The largest absolute Gasteiger partial charge is 0.351 e. The van der Waals surface area contributed by atoms with Gasteiger partial charge in [0, 0.05) is 11.7 Å². The molecule has 162 valence electrons. The smallest absolute Gasteiger partial charge is 0.275 e. The highest BCUT2D eigenvalue weighted by molar-refractivity contribution is 7.17. The molecule has 1 aliphatic heterocycles. The molecule has 0 bridgehead atoms. The predicted molar refractivity (Wildman–Crippen MR) is 126 cm³/mol. The van der Waals surface area contributed by atoms with Gasteiger partial charge in [-0.1, -0.05) is 25.3 Å². The van der Waals surface area contributed by atoms with E-state index in [-0.39, 0.29) is 17.9 Å². The molecule has 0 radical (unpaired) electrons. The lowest BCUT2D eigenvalue weighted by atomic mass is 9.90. The Balaban J connectivity index is 1.61. The van der Waals surface area contributed by atoms with Gasteiger partial charge in [0.05, 0.1) is 16.8 Å². The van der Waals surface area contributed by atoms with Crippen LogP contribution in [0.4, 0.5) is 5.69 Å². The molecule has 3 heterocycles. The Hall–Kier alpha value is -2.60. The van der Waals surface area contributed by atoms with Gasteiger partial charge in [-0.05, 0) is 74.4 Å². The van der Waals surface area contributed by atoms with Gasteiger partial charge in [-0.2, -0.15) is 0 Å². The van der Waals surface area contributed by atoms with Crippen molar-refractivity contribution in [2.24, 2.45) is 0 Å². The van der Waals surface area contributed by atoms with Gasteiger partial charge in [-0.15, -0.1) is 11.3 Å². The van der Waals surface area contributed by atoms with Gasteiger partial charge in [0.25, 0.3) is 5.91 Å². The van der Waals surface area contributed by atoms with Crippen LogP contribution in [0.15, 0.2) is 35.7 Å². The van der Waals surface area contributed by atoms with Crippen LogP contribution in [0, 0.1) is 13.8 Å². The van der Waals surface area contributed by atoms with Crippen molar-refractivity contribution >= 4 is 39.1 Å². The summed E-state index contributed by atoms with van der Waals surface area (Å²) in [7, 11) is 0. The van der Waals surface area contributed by atoms with E-state index in [1.165, 1.54) is 12.0 Å². The number of aromatic nitrogens is 1. The van der Waals surface area contributed by atoms with Crippen LogP contribution in [0.1, 0.15) is 60.6 Å². The zero-order valence-electron chi connectivity index (χ0n) is 18.4. The summed E-state index contributed by atoms with van der Waals surface area (Å²) in [6.07, 6.45) is 5.57. The van der Waals surface area contributed by atoms with Gasteiger partial charge in [0.1, 0.15) is 11.2 Å². The summed E-state index contributed by atoms with van der Waals surface area (Å²) in [6.45, 7) is 6.47. The molecular formula is C25H29N3O2S. The summed E-state index contributed by atoms with van der Waals surface area (Å²) in [5.74, 6) is -0.173. The van der Waals surface area contributed by atoms with Gasteiger partial charge in [-0.25, -0.2) is 0 Å². The van der Waals surface area contributed by atoms with E-state index in [0.717, 1.165) is 47.2 Å². The maximum atomic E-state index is 13.8. The SMILES string of the molecule is Cc1ccc(N2C(=O)c3cc4sccc4n3C[C@@]2(C)C(=O)NC2CCCCC2)cc1C. The van der Waals surface area contributed by atoms with Crippen LogP contribution in [0.3, 0.4) is 0 Å². The van der Waals surface area contributed by atoms with Crippen molar-refractivity contribution in [2.45, 2.75) is 71.0 Å². The first-order valence-electron chi connectivity index (χ1n) is 11.2. The summed E-state index contributed by atoms with van der Waals surface area (Å²) in [4.78, 5) is 29.3. The molecule has 31 heavy (non-hydrogen) atoms. The van der Waals surface area contributed by atoms with Crippen LogP contribution >= 0.6 is 11.3 Å². The van der Waals surface area contributed by atoms with Crippen molar-refractivity contribution in [2.75, 3.05) is 4.90 Å².